The maximum absolute atomic E-state index is 10.8. The highest BCUT2D eigenvalue weighted by Crippen LogP contribution is 2.34. The van der Waals surface area contributed by atoms with Gasteiger partial charge in [0.15, 0.2) is 5.72 Å². The summed E-state index contributed by atoms with van der Waals surface area (Å²) in [4.78, 5) is 0. The molecule has 0 saturated carbocycles. The Balaban J connectivity index is 2.23. The highest BCUT2D eigenvalue weighted by atomic mass is 16.6. The van der Waals surface area contributed by atoms with Crippen molar-refractivity contribution >= 4 is 0 Å². The molecule has 1 unspecified atom stereocenters. The second-order valence-corrected chi connectivity index (χ2v) is 8.37. The van der Waals surface area contributed by atoms with E-state index in [1.165, 1.54) is 18.2 Å². The molecule has 1 saturated heterocycles. The smallest absolute Gasteiger partial charge is 0.269 e. The van der Waals surface area contributed by atoms with Crippen LogP contribution in [-0.4, -0.2) is 73.6 Å². The van der Waals surface area contributed by atoms with E-state index in [0.717, 1.165) is 11.8 Å². The van der Waals surface area contributed by atoms with Crippen LogP contribution in [0.2, 0.25) is 0 Å². The number of aliphatic hydroxyl groups is 7. The van der Waals surface area contributed by atoms with Crippen molar-refractivity contribution < 1.29 is 40.5 Å². The molecule has 34 heavy (non-hydrogen) atoms. The van der Waals surface area contributed by atoms with E-state index in [-0.39, 0.29) is 37.7 Å². The number of rotatable bonds is 10. The van der Waals surface area contributed by atoms with Gasteiger partial charge in [-0.3, -0.25) is 5.73 Å². The molecule has 192 valence electrons. The molecule has 0 aromatic carbocycles. The number of ether oxygens (including phenoxy) is 1. The minimum atomic E-state index is -2.21. The fraction of sp³-hybridized carbons (Fsp3) is 0.545. The first-order valence-corrected chi connectivity index (χ1v) is 11.0. The second-order valence-electron chi connectivity index (χ2n) is 8.37. The maximum atomic E-state index is 10.8. The van der Waals surface area contributed by atoms with Gasteiger partial charge in [0, 0.05) is 43.1 Å². The van der Waals surface area contributed by atoms with E-state index >= 15 is 0 Å². The Labute approximate surface area is 197 Å². The lowest BCUT2D eigenvalue weighted by molar-refractivity contribution is -0.110. The molecule has 2 heterocycles. The molecular weight excluding hydrogens is 448 g/mol. The Hall–Kier alpha value is -2.58. The summed E-state index contributed by atoms with van der Waals surface area (Å²) in [6.45, 7) is -0.115. The van der Waals surface area contributed by atoms with Crippen molar-refractivity contribution in [3.63, 3.8) is 0 Å². The van der Waals surface area contributed by atoms with Gasteiger partial charge in [-0.2, -0.15) is 0 Å². The Morgan fingerprint density at radius 3 is 2.62 bits per heavy atom. The zero-order chi connectivity index (χ0) is 25.3. The standard InChI is InChI=1S/C22H36N4O8/c23-6-5-15-8-14(12-28)18(26-25-15)11-22(24,33)19(29)10-17-13(3-4-20(30)31)9-16(2-1-7-27)34-21(17)32/h1-2,4-5,9-10,13-14,17-18,21,25-33H,3,6-8,11-12,23-24H2/t13-,14-,17+,18+,21?,22+/m1/s1. The van der Waals surface area contributed by atoms with Crippen LogP contribution in [-0.2, 0) is 4.74 Å². The zero-order valence-electron chi connectivity index (χ0n) is 18.8. The molecule has 0 bridgehead atoms. The van der Waals surface area contributed by atoms with Gasteiger partial charge in [-0.1, -0.05) is 12.2 Å². The minimum Gasteiger partial charge on any atom is -0.508 e. The van der Waals surface area contributed by atoms with Crippen LogP contribution < -0.4 is 22.3 Å². The molecule has 0 aromatic rings. The number of nitrogens with two attached hydrogens (primary N) is 2. The average molecular weight is 485 g/mol. The van der Waals surface area contributed by atoms with Gasteiger partial charge in [-0.25, -0.2) is 5.43 Å². The number of nitrogens with one attached hydrogen (secondary N) is 2. The molecule has 2 aliphatic heterocycles. The van der Waals surface area contributed by atoms with Crippen LogP contribution in [0.4, 0.5) is 0 Å². The van der Waals surface area contributed by atoms with Crippen LogP contribution >= 0.6 is 0 Å². The molecular formula is C22H36N4O8. The van der Waals surface area contributed by atoms with Gasteiger partial charge in [0.1, 0.15) is 11.5 Å². The summed E-state index contributed by atoms with van der Waals surface area (Å²) in [5.41, 5.74) is 16.0. The Morgan fingerprint density at radius 2 is 2.00 bits per heavy atom. The maximum Gasteiger partial charge on any atom is 0.269 e. The second kappa shape index (κ2) is 12.8. The molecule has 6 atom stereocenters. The highest BCUT2D eigenvalue weighted by molar-refractivity contribution is 5.21. The molecule has 0 radical (unpaired) electrons. The van der Waals surface area contributed by atoms with Crippen LogP contribution in [0.3, 0.4) is 0 Å². The van der Waals surface area contributed by atoms with Crippen molar-refractivity contribution in [3.05, 3.63) is 59.6 Å². The minimum absolute atomic E-state index is 0.0631. The number of aliphatic hydroxyl groups excluding tert-OH is 5. The van der Waals surface area contributed by atoms with E-state index in [1.807, 2.05) is 0 Å². The van der Waals surface area contributed by atoms with Gasteiger partial charge < -0.3 is 51.6 Å². The van der Waals surface area contributed by atoms with Gasteiger partial charge >= 0.3 is 0 Å². The first-order valence-electron chi connectivity index (χ1n) is 11.0. The molecule has 0 amide bonds. The molecule has 0 aliphatic carbocycles. The Bertz CT molecular complexity index is 820. The van der Waals surface area contributed by atoms with Crippen molar-refractivity contribution in [1.82, 2.24) is 10.9 Å². The molecule has 2 rings (SSSR count). The van der Waals surface area contributed by atoms with Gasteiger partial charge in [0.2, 0.25) is 6.29 Å². The van der Waals surface area contributed by atoms with Crippen molar-refractivity contribution in [1.29, 1.82) is 0 Å². The summed E-state index contributed by atoms with van der Waals surface area (Å²) in [5.74, 6) is -3.06. The fourth-order valence-electron chi connectivity index (χ4n) is 3.96. The van der Waals surface area contributed by atoms with Crippen LogP contribution in [0.1, 0.15) is 19.3 Å². The highest BCUT2D eigenvalue weighted by Gasteiger charge is 2.39. The Morgan fingerprint density at radius 1 is 1.26 bits per heavy atom. The lowest BCUT2D eigenvalue weighted by atomic mass is 9.83. The summed E-state index contributed by atoms with van der Waals surface area (Å²) in [6.07, 6.45) is 7.39. The molecule has 2 aliphatic rings. The number of hydrogen-bond donors (Lipinski definition) is 11. The Kier molecular flexibility index (Phi) is 10.4. The molecule has 13 N–H and O–H groups in total. The normalized spacial score (nSPS) is 30.9. The predicted molar refractivity (Wildman–Crippen MR) is 123 cm³/mol. The molecule has 12 nitrogen and oxygen atoms in total. The summed E-state index contributed by atoms with van der Waals surface area (Å²) in [5, 5.41) is 69.0. The number of hydrogen-bond acceptors (Lipinski definition) is 12. The molecule has 0 aromatic heterocycles. The van der Waals surface area contributed by atoms with Crippen molar-refractivity contribution in [2.45, 2.75) is 37.3 Å². The first-order chi connectivity index (χ1) is 16.1. The van der Waals surface area contributed by atoms with E-state index < -0.39 is 41.6 Å². The first kappa shape index (κ1) is 27.7. The third-order valence-electron chi connectivity index (χ3n) is 5.81. The summed E-state index contributed by atoms with van der Waals surface area (Å²) < 4.78 is 5.39. The topological polar surface area (TPSA) is 227 Å². The molecule has 0 spiro atoms. The number of allylic oxidation sites excluding steroid dienone is 4. The monoisotopic (exact) mass is 484 g/mol. The summed E-state index contributed by atoms with van der Waals surface area (Å²) in [6, 6.07) is -0.502. The van der Waals surface area contributed by atoms with E-state index in [1.54, 1.807) is 12.2 Å². The third-order valence-corrected chi connectivity index (χ3v) is 5.81. The largest absolute Gasteiger partial charge is 0.508 e. The van der Waals surface area contributed by atoms with Crippen molar-refractivity contribution in [2.24, 2.45) is 29.2 Å². The number of hydrazine groups is 1. The molecule has 1 fully saturated rings. The van der Waals surface area contributed by atoms with Crippen LogP contribution in [0, 0.1) is 17.8 Å². The van der Waals surface area contributed by atoms with Gasteiger partial charge in [0.05, 0.1) is 6.61 Å². The van der Waals surface area contributed by atoms with E-state index in [0.29, 0.717) is 13.0 Å². The predicted octanol–water partition coefficient (Wildman–Crippen LogP) is -0.856. The van der Waals surface area contributed by atoms with Crippen LogP contribution in [0.15, 0.2) is 59.6 Å². The average Bonchev–Trinajstić information content (AvgIpc) is 2.78. The van der Waals surface area contributed by atoms with E-state index in [4.69, 9.17) is 31.5 Å². The van der Waals surface area contributed by atoms with Gasteiger partial charge in [0.25, 0.3) is 5.95 Å². The van der Waals surface area contributed by atoms with Gasteiger partial charge in [-0.05, 0) is 43.1 Å². The summed E-state index contributed by atoms with van der Waals surface area (Å²) in [7, 11) is 0. The van der Waals surface area contributed by atoms with Gasteiger partial charge in [-0.15, -0.1) is 0 Å². The quantitative estimate of drug-likeness (QED) is 0.134. The summed E-state index contributed by atoms with van der Waals surface area (Å²) >= 11 is 0. The third kappa shape index (κ3) is 7.74. The fourth-order valence-corrected chi connectivity index (χ4v) is 3.96. The van der Waals surface area contributed by atoms with E-state index in [2.05, 4.69) is 10.9 Å². The van der Waals surface area contributed by atoms with Crippen LogP contribution in [0.25, 0.3) is 0 Å². The van der Waals surface area contributed by atoms with Crippen molar-refractivity contribution in [3.8, 4) is 0 Å². The SMILES string of the molecule is NCC=C1C[C@H](CO)[C@H](C[C@](N)(O)C(O)=C[C@@H]2C(O)OC(C=CCO)=C[C@H]2CC=C(O)O)NN1. The van der Waals surface area contributed by atoms with Crippen LogP contribution in [0.5, 0.6) is 0 Å². The van der Waals surface area contributed by atoms with Crippen molar-refractivity contribution in [2.75, 3.05) is 19.8 Å². The van der Waals surface area contributed by atoms with E-state index in [9.17, 15) is 20.4 Å². The molecule has 12 heteroatoms. The lowest BCUT2D eigenvalue weighted by Gasteiger charge is -2.38. The lowest BCUT2D eigenvalue weighted by Crippen LogP contribution is -2.57. The zero-order valence-corrected chi connectivity index (χ0v) is 18.8.